The second-order valence-electron chi connectivity index (χ2n) is 13.4. The predicted octanol–water partition coefficient (Wildman–Crippen LogP) is 4.97. The molecule has 53 heavy (non-hydrogen) atoms. The fourth-order valence-electron chi connectivity index (χ4n) is 6.70. The lowest BCUT2D eigenvalue weighted by Crippen LogP contribution is -2.46. The minimum absolute atomic E-state index is 0. The van der Waals surface area contributed by atoms with Gasteiger partial charge in [-0.1, -0.05) is 84.9 Å². The van der Waals surface area contributed by atoms with Gasteiger partial charge in [0.15, 0.2) is 0 Å². The summed E-state index contributed by atoms with van der Waals surface area (Å²) in [4.78, 5) is 4.67. The Morgan fingerprint density at radius 1 is 0.660 bits per heavy atom. The van der Waals surface area contributed by atoms with Crippen molar-refractivity contribution in [1.29, 1.82) is 0 Å². The molecule has 11 heteroatoms. The molecule has 0 aliphatic carbocycles. The van der Waals surface area contributed by atoms with Crippen LogP contribution in [-0.4, -0.2) is 100 Å². The Morgan fingerprint density at radius 2 is 1.15 bits per heavy atom. The van der Waals surface area contributed by atoms with Crippen LogP contribution in [0.25, 0.3) is 0 Å². The van der Waals surface area contributed by atoms with Gasteiger partial charge in [0.2, 0.25) is 0 Å². The van der Waals surface area contributed by atoms with E-state index in [4.69, 9.17) is 15.6 Å². The number of aliphatic hydroxyl groups excluding tert-OH is 4. The molecule has 2 saturated heterocycles. The number of benzene rings is 4. The van der Waals surface area contributed by atoms with E-state index in [2.05, 4.69) is 15.1 Å². The zero-order chi connectivity index (χ0) is 37.1. The highest BCUT2D eigenvalue weighted by atomic mass is 35.5. The molecule has 4 aromatic rings. The van der Waals surface area contributed by atoms with Crippen LogP contribution in [0.15, 0.2) is 109 Å². The molecule has 2 fully saturated rings. The molecule has 0 spiro atoms. The van der Waals surface area contributed by atoms with Gasteiger partial charge in [0.05, 0.1) is 30.9 Å². The largest absolute Gasteiger partial charge is 0.508 e. The van der Waals surface area contributed by atoms with Crippen LogP contribution >= 0.6 is 12.4 Å². The molecule has 2 heterocycles. The van der Waals surface area contributed by atoms with Gasteiger partial charge in [0.1, 0.15) is 18.1 Å². The van der Waals surface area contributed by atoms with Crippen LogP contribution in [0, 0.1) is 0 Å². The number of phenols is 1. The van der Waals surface area contributed by atoms with Crippen molar-refractivity contribution in [2.45, 2.75) is 62.6 Å². The fourth-order valence-corrected chi connectivity index (χ4v) is 6.70. The summed E-state index contributed by atoms with van der Waals surface area (Å²) in [5.74, 6) is 0.977. The Labute approximate surface area is 321 Å². The van der Waals surface area contributed by atoms with Crippen molar-refractivity contribution < 1.29 is 30.3 Å². The Balaban J connectivity index is 0.000000319. The molecule has 290 valence electrons. The standard InChI is InChI=1S/C28H34N2O3.C13H20N2O2.CH4O.ClH/c31-20-27(23-11-5-2-6-12-23)29-26(19-30-17-7-8-18-30)28(32)24-13-15-25(16-14-24)33-21-22-9-3-1-4-10-22;14-12(9-15-7-1-2-8-15)13(17)10-3-5-11(16)6-4-10;1-2;/h1-6,9-16,26-29,31-32H,7-8,17-21H2;3-6,12-13,16-17H,1-2,7-9,14H2;2H,1H3;1H/t26-,27?,28-;12-,13-;;/m11../s1. The van der Waals surface area contributed by atoms with Crippen LogP contribution in [0.2, 0.25) is 0 Å². The summed E-state index contributed by atoms with van der Waals surface area (Å²) < 4.78 is 5.90. The molecule has 0 aromatic heterocycles. The number of ether oxygens (including phenoxy) is 1. The Bertz CT molecular complexity index is 1510. The molecule has 6 rings (SSSR count). The lowest BCUT2D eigenvalue weighted by Gasteiger charge is -2.32. The molecule has 8 N–H and O–H groups in total. The molecule has 1 unspecified atom stereocenters. The van der Waals surface area contributed by atoms with Crippen molar-refractivity contribution in [3.63, 3.8) is 0 Å². The van der Waals surface area contributed by atoms with Crippen molar-refractivity contribution in [3.05, 3.63) is 131 Å². The van der Waals surface area contributed by atoms with Crippen LogP contribution in [-0.2, 0) is 6.61 Å². The van der Waals surface area contributed by atoms with Gasteiger partial charge in [0.25, 0.3) is 0 Å². The predicted molar refractivity (Wildman–Crippen MR) is 213 cm³/mol. The van der Waals surface area contributed by atoms with Crippen LogP contribution < -0.4 is 15.8 Å². The van der Waals surface area contributed by atoms with E-state index in [1.807, 2.05) is 84.9 Å². The van der Waals surface area contributed by atoms with Crippen molar-refractivity contribution in [2.24, 2.45) is 5.73 Å². The van der Waals surface area contributed by atoms with E-state index in [0.717, 1.165) is 74.4 Å². The molecule has 4 aromatic carbocycles. The molecule has 0 bridgehead atoms. The summed E-state index contributed by atoms with van der Waals surface area (Å²) in [7, 11) is 1.00. The molecule has 0 radical (unpaired) electrons. The summed E-state index contributed by atoms with van der Waals surface area (Å²) in [6, 6.07) is 33.5. The number of hydrogen-bond donors (Lipinski definition) is 7. The normalized spacial score (nSPS) is 17.2. The summed E-state index contributed by atoms with van der Waals surface area (Å²) in [6.07, 6.45) is 3.46. The Hall–Kier alpha value is -3.55. The van der Waals surface area contributed by atoms with Crippen molar-refractivity contribution >= 4 is 12.4 Å². The first kappa shape index (κ1) is 43.9. The van der Waals surface area contributed by atoms with Crippen LogP contribution in [0.4, 0.5) is 0 Å². The number of aromatic hydroxyl groups is 1. The van der Waals surface area contributed by atoms with Gasteiger partial charge in [-0.05, 0) is 98.4 Å². The van der Waals surface area contributed by atoms with Crippen molar-refractivity contribution in [2.75, 3.05) is 53.0 Å². The van der Waals surface area contributed by atoms with E-state index >= 15 is 0 Å². The number of halogens is 1. The molecule has 2 aliphatic heterocycles. The SMILES string of the molecule is CO.Cl.N[C@H](CN1CCCC1)[C@H](O)c1ccc(O)cc1.OCC(N[C@H](CN1CCCC1)[C@H](O)c1ccc(OCc2ccccc2)cc1)c1ccccc1. The van der Waals surface area contributed by atoms with E-state index in [0.29, 0.717) is 6.61 Å². The maximum Gasteiger partial charge on any atom is 0.119 e. The van der Waals surface area contributed by atoms with Gasteiger partial charge in [0, 0.05) is 26.2 Å². The highest BCUT2D eigenvalue weighted by molar-refractivity contribution is 5.85. The second kappa shape index (κ2) is 24.0. The van der Waals surface area contributed by atoms with Gasteiger partial charge < -0.3 is 51.1 Å². The van der Waals surface area contributed by atoms with Crippen molar-refractivity contribution in [3.8, 4) is 11.5 Å². The summed E-state index contributed by atoms with van der Waals surface area (Å²) in [5.41, 5.74) is 9.74. The van der Waals surface area contributed by atoms with Crippen LogP contribution in [0.1, 0.15) is 66.2 Å². The third-order valence-corrected chi connectivity index (χ3v) is 9.61. The number of aliphatic hydroxyl groups is 4. The highest BCUT2D eigenvalue weighted by Crippen LogP contribution is 2.25. The summed E-state index contributed by atoms with van der Waals surface area (Å²) in [5, 5.41) is 51.2. The number of nitrogens with two attached hydrogens (primary N) is 1. The van der Waals surface area contributed by atoms with Crippen LogP contribution in [0.3, 0.4) is 0 Å². The topological polar surface area (TPSA) is 155 Å². The first-order chi connectivity index (χ1) is 25.4. The highest BCUT2D eigenvalue weighted by Gasteiger charge is 2.28. The van der Waals surface area contributed by atoms with Gasteiger partial charge in [-0.15, -0.1) is 12.4 Å². The van der Waals surface area contributed by atoms with E-state index in [1.54, 1.807) is 24.3 Å². The van der Waals surface area contributed by atoms with E-state index < -0.39 is 12.2 Å². The van der Waals surface area contributed by atoms with Crippen LogP contribution in [0.5, 0.6) is 11.5 Å². The first-order valence-corrected chi connectivity index (χ1v) is 18.4. The Morgan fingerprint density at radius 3 is 1.70 bits per heavy atom. The number of rotatable bonds is 15. The van der Waals surface area contributed by atoms with Gasteiger partial charge in [-0.2, -0.15) is 0 Å². The quantitative estimate of drug-likeness (QED) is 0.0887. The number of phenolic OH excluding ortho intramolecular Hbond substituents is 1. The minimum atomic E-state index is -0.702. The molecule has 0 amide bonds. The Kier molecular flexibility index (Phi) is 19.8. The maximum atomic E-state index is 11.3. The maximum absolute atomic E-state index is 11.3. The minimum Gasteiger partial charge on any atom is -0.508 e. The molecule has 0 saturated carbocycles. The van der Waals surface area contributed by atoms with Gasteiger partial charge >= 0.3 is 0 Å². The van der Waals surface area contributed by atoms with Gasteiger partial charge in [-0.25, -0.2) is 0 Å². The van der Waals surface area contributed by atoms with Crippen molar-refractivity contribution in [1.82, 2.24) is 15.1 Å². The average molecular weight is 751 g/mol. The summed E-state index contributed by atoms with van der Waals surface area (Å²) >= 11 is 0. The fraction of sp³-hybridized carbons (Fsp3) is 0.429. The monoisotopic (exact) mass is 750 g/mol. The summed E-state index contributed by atoms with van der Waals surface area (Å²) in [6.45, 7) is 6.19. The molecule has 10 nitrogen and oxygen atoms in total. The molecule has 2 aliphatic rings. The van der Waals surface area contributed by atoms with E-state index in [9.17, 15) is 20.4 Å². The third-order valence-electron chi connectivity index (χ3n) is 9.61. The number of nitrogens with one attached hydrogen (secondary N) is 1. The zero-order valence-electron chi connectivity index (χ0n) is 30.8. The first-order valence-electron chi connectivity index (χ1n) is 18.4. The lowest BCUT2D eigenvalue weighted by atomic mass is 9.99. The van der Waals surface area contributed by atoms with E-state index in [-0.39, 0.29) is 42.9 Å². The molecule has 5 atom stereocenters. The second-order valence-corrected chi connectivity index (χ2v) is 13.4. The lowest BCUT2D eigenvalue weighted by molar-refractivity contribution is 0.0915. The van der Waals surface area contributed by atoms with Gasteiger partial charge in [-0.3, -0.25) is 0 Å². The number of likely N-dealkylation sites (tertiary alicyclic amines) is 2. The molecular weight excluding hydrogens is 692 g/mol. The smallest absolute Gasteiger partial charge is 0.119 e. The number of hydrogen-bond acceptors (Lipinski definition) is 10. The van der Waals surface area contributed by atoms with E-state index in [1.165, 1.54) is 25.7 Å². The zero-order valence-corrected chi connectivity index (χ0v) is 31.6. The number of nitrogens with zero attached hydrogens (tertiary/aromatic N) is 2. The third kappa shape index (κ3) is 14.3. The average Bonchev–Trinajstić information content (AvgIpc) is 3.92. The molecular formula is C42H59ClN4O6.